The molecule has 0 aliphatic heterocycles. The summed E-state index contributed by atoms with van der Waals surface area (Å²) < 4.78 is 27.6. The number of rotatable bonds is 7. The summed E-state index contributed by atoms with van der Waals surface area (Å²) in [6.07, 6.45) is 2.28. The molecule has 138 valence electrons. The minimum atomic E-state index is -0.834. The van der Waals surface area contributed by atoms with E-state index in [4.69, 9.17) is 0 Å². The lowest BCUT2D eigenvalue weighted by Gasteiger charge is -2.17. The van der Waals surface area contributed by atoms with Crippen LogP contribution in [0.2, 0.25) is 0 Å². The number of hydrogen-bond acceptors (Lipinski definition) is 6. The van der Waals surface area contributed by atoms with Crippen molar-refractivity contribution in [3.63, 3.8) is 0 Å². The fourth-order valence-electron chi connectivity index (χ4n) is 2.25. The second-order valence-electron chi connectivity index (χ2n) is 5.63. The summed E-state index contributed by atoms with van der Waals surface area (Å²) in [6.45, 7) is 1.79. The van der Waals surface area contributed by atoms with Gasteiger partial charge >= 0.3 is 0 Å². The molecule has 3 rings (SSSR count). The number of thioether (sulfide) groups is 1. The molecule has 1 aliphatic carbocycles. The summed E-state index contributed by atoms with van der Waals surface area (Å²) in [6, 6.07) is 3.54. The quantitative estimate of drug-likeness (QED) is 0.571. The molecule has 1 fully saturated rings. The van der Waals surface area contributed by atoms with E-state index in [0.29, 0.717) is 15.9 Å². The number of nitrogens with one attached hydrogen (secondary N) is 1. The lowest BCUT2D eigenvalue weighted by molar-refractivity contribution is -0.118. The molecule has 1 aromatic heterocycles. The van der Waals surface area contributed by atoms with Gasteiger partial charge in [-0.25, -0.2) is 8.78 Å². The molecule has 26 heavy (non-hydrogen) atoms. The molecule has 6 nitrogen and oxygen atoms in total. The number of hydrogen-bond donors (Lipinski definition) is 1. The number of aromatic nitrogens is 2. The SMILES string of the molecule is CCC(=O)N(c1nnc(SCC(=O)Nc2c(F)cccc2F)s1)C1CC1. The Balaban J connectivity index is 1.59. The first-order valence-electron chi connectivity index (χ1n) is 8.01. The van der Waals surface area contributed by atoms with Gasteiger partial charge in [0.1, 0.15) is 17.3 Å². The van der Waals surface area contributed by atoms with Gasteiger partial charge in [0.2, 0.25) is 16.9 Å². The third-order valence-corrected chi connectivity index (χ3v) is 5.69. The fraction of sp³-hybridized carbons (Fsp3) is 0.375. The molecule has 0 spiro atoms. The summed E-state index contributed by atoms with van der Waals surface area (Å²) in [7, 11) is 0. The second-order valence-corrected chi connectivity index (χ2v) is 7.81. The van der Waals surface area contributed by atoms with Crippen molar-refractivity contribution < 1.29 is 18.4 Å². The van der Waals surface area contributed by atoms with Gasteiger partial charge in [-0.05, 0) is 25.0 Å². The fourth-order valence-corrected chi connectivity index (χ4v) is 3.98. The van der Waals surface area contributed by atoms with Crippen LogP contribution in [0, 0.1) is 11.6 Å². The van der Waals surface area contributed by atoms with Crippen molar-refractivity contribution in [1.29, 1.82) is 0 Å². The zero-order chi connectivity index (χ0) is 18.7. The van der Waals surface area contributed by atoms with E-state index in [-0.39, 0.29) is 17.7 Å². The van der Waals surface area contributed by atoms with Crippen LogP contribution in [0.1, 0.15) is 26.2 Å². The zero-order valence-electron chi connectivity index (χ0n) is 13.9. The summed E-state index contributed by atoms with van der Waals surface area (Å²) >= 11 is 2.32. The van der Waals surface area contributed by atoms with E-state index in [1.165, 1.54) is 17.4 Å². The Bertz CT molecular complexity index is 806. The van der Waals surface area contributed by atoms with Crippen LogP contribution in [0.4, 0.5) is 19.6 Å². The largest absolute Gasteiger partial charge is 0.320 e. The lowest BCUT2D eigenvalue weighted by Crippen LogP contribution is -2.32. The first kappa shape index (κ1) is 18.7. The average Bonchev–Trinajstić information content (AvgIpc) is 3.34. The van der Waals surface area contributed by atoms with E-state index in [9.17, 15) is 18.4 Å². The molecule has 1 heterocycles. The smallest absolute Gasteiger partial charge is 0.234 e. The molecule has 1 N–H and O–H groups in total. The maximum absolute atomic E-state index is 13.5. The Morgan fingerprint density at radius 1 is 1.31 bits per heavy atom. The van der Waals surface area contributed by atoms with E-state index in [1.54, 1.807) is 11.8 Å². The number of halogens is 2. The van der Waals surface area contributed by atoms with E-state index in [2.05, 4.69) is 15.5 Å². The Labute approximate surface area is 157 Å². The molecule has 2 aromatic rings. The Kier molecular flexibility index (Phi) is 5.82. The summed E-state index contributed by atoms with van der Waals surface area (Å²) in [5, 5.41) is 10.8. The van der Waals surface area contributed by atoms with Crippen LogP contribution >= 0.6 is 23.1 Å². The van der Waals surface area contributed by atoms with Crippen molar-refractivity contribution in [2.45, 2.75) is 36.6 Å². The van der Waals surface area contributed by atoms with Crippen LogP contribution in [0.3, 0.4) is 0 Å². The molecule has 2 amide bonds. The highest BCUT2D eigenvalue weighted by atomic mass is 32.2. The van der Waals surface area contributed by atoms with Crippen LogP contribution in [0.5, 0.6) is 0 Å². The number of anilines is 2. The minimum absolute atomic E-state index is 0.00651. The summed E-state index contributed by atoms with van der Waals surface area (Å²) in [5.74, 6) is -2.31. The number of benzene rings is 1. The van der Waals surface area contributed by atoms with Crippen LogP contribution in [-0.4, -0.2) is 33.8 Å². The van der Waals surface area contributed by atoms with Crippen molar-refractivity contribution >= 4 is 45.7 Å². The van der Waals surface area contributed by atoms with Crippen molar-refractivity contribution in [2.75, 3.05) is 16.0 Å². The molecule has 1 aliphatic rings. The van der Waals surface area contributed by atoms with Crippen LogP contribution in [0.25, 0.3) is 0 Å². The van der Waals surface area contributed by atoms with Crippen LogP contribution < -0.4 is 10.2 Å². The van der Waals surface area contributed by atoms with Crippen molar-refractivity contribution in [3.8, 4) is 0 Å². The highest BCUT2D eigenvalue weighted by Crippen LogP contribution is 2.36. The first-order valence-corrected chi connectivity index (χ1v) is 9.82. The van der Waals surface area contributed by atoms with E-state index in [1.807, 2.05) is 0 Å². The zero-order valence-corrected chi connectivity index (χ0v) is 15.5. The number of para-hydroxylation sites is 1. The molecule has 0 radical (unpaired) electrons. The van der Waals surface area contributed by atoms with Crippen LogP contribution in [-0.2, 0) is 9.59 Å². The second kappa shape index (κ2) is 8.09. The summed E-state index contributed by atoms with van der Waals surface area (Å²) in [5.41, 5.74) is -0.468. The van der Waals surface area contributed by atoms with Gasteiger partial charge in [0, 0.05) is 12.5 Å². The molecule has 10 heteroatoms. The maximum Gasteiger partial charge on any atom is 0.234 e. The maximum atomic E-state index is 13.5. The number of nitrogens with zero attached hydrogens (tertiary/aromatic N) is 3. The highest BCUT2D eigenvalue weighted by Gasteiger charge is 2.35. The lowest BCUT2D eigenvalue weighted by atomic mass is 10.3. The van der Waals surface area contributed by atoms with Gasteiger partial charge in [-0.15, -0.1) is 10.2 Å². The Hall–Kier alpha value is -2.07. The predicted octanol–water partition coefficient (Wildman–Crippen LogP) is 3.45. The molecule has 0 atom stereocenters. The number of carbonyl (C=O) groups excluding carboxylic acids is 2. The molecule has 1 aromatic carbocycles. The normalized spacial score (nSPS) is 13.5. The molecular formula is C16H16F2N4O2S2. The highest BCUT2D eigenvalue weighted by molar-refractivity contribution is 8.01. The van der Waals surface area contributed by atoms with Gasteiger partial charge in [0.15, 0.2) is 4.34 Å². The molecular weight excluding hydrogens is 382 g/mol. The first-order chi connectivity index (χ1) is 12.5. The summed E-state index contributed by atoms with van der Waals surface area (Å²) in [4.78, 5) is 25.7. The van der Waals surface area contributed by atoms with Gasteiger partial charge in [-0.3, -0.25) is 14.5 Å². The third-order valence-electron chi connectivity index (χ3n) is 3.64. The van der Waals surface area contributed by atoms with Gasteiger partial charge in [-0.2, -0.15) is 0 Å². The number of amides is 2. The van der Waals surface area contributed by atoms with Gasteiger partial charge in [-0.1, -0.05) is 36.1 Å². The molecule has 0 unspecified atom stereocenters. The topological polar surface area (TPSA) is 75.2 Å². The van der Waals surface area contributed by atoms with E-state index < -0.39 is 23.2 Å². The van der Waals surface area contributed by atoms with Gasteiger partial charge in [0.25, 0.3) is 0 Å². The monoisotopic (exact) mass is 398 g/mol. The molecule has 0 bridgehead atoms. The van der Waals surface area contributed by atoms with E-state index >= 15 is 0 Å². The Morgan fingerprint density at radius 2 is 2.00 bits per heavy atom. The average molecular weight is 398 g/mol. The van der Waals surface area contributed by atoms with Crippen molar-refractivity contribution in [3.05, 3.63) is 29.8 Å². The molecule has 0 saturated heterocycles. The van der Waals surface area contributed by atoms with Crippen molar-refractivity contribution in [1.82, 2.24) is 10.2 Å². The Morgan fingerprint density at radius 3 is 2.62 bits per heavy atom. The standard InChI is InChI=1S/C16H16F2N4O2S2/c1-2-13(24)22(9-6-7-9)15-20-21-16(26-15)25-8-12(23)19-14-10(17)4-3-5-11(14)18/h3-5,9H,2,6-8H2,1H3,(H,19,23). The van der Waals surface area contributed by atoms with Crippen LogP contribution in [0.15, 0.2) is 22.5 Å². The van der Waals surface area contributed by atoms with E-state index in [0.717, 1.165) is 36.7 Å². The number of carbonyl (C=O) groups is 2. The van der Waals surface area contributed by atoms with Crippen molar-refractivity contribution in [2.24, 2.45) is 0 Å². The molecule has 1 saturated carbocycles. The minimum Gasteiger partial charge on any atom is -0.320 e. The van der Waals surface area contributed by atoms with Gasteiger partial charge in [0.05, 0.1) is 5.75 Å². The van der Waals surface area contributed by atoms with Gasteiger partial charge < -0.3 is 5.32 Å². The third kappa shape index (κ3) is 4.36. The predicted molar refractivity (Wildman–Crippen MR) is 96.4 cm³/mol.